The molecule has 1 nitrogen and oxygen atoms in total. The molecule has 36 heavy (non-hydrogen) atoms. The average molecular weight is 499 g/mol. The van der Waals surface area contributed by atoms with E-state index in [0.29, 0.717) is 42.7 Å². The van der Waals surface area contributed by atoms with E-state index in [2.05, 4.69) is 24.0 Å². The normalized spacial score (nSPS) is 24.4. The molecule has 0 radical (unpaired) electrons. The van der Waals surface area contributed by atoms with Crippen LogP contribution in [0.5, 0.6) is 5.75 Å². The molecule has 2 aromatic rings. The van der Waals surface area contributed by atoms with Crippen LogP contribution >= 0.6 is 0 Å². The molecule has 192 valence electrons. The monoisotopic (exact) mass is 498 g/mol. The molecule has 2 saturated carbocycles. The Bertz CT molecular complexity index is 1140. The summed E-state index contributed by atoms with van der Waals surface area (Å²) in [6, 6.07) is 6.39. The maximum atomic E-state index is 14.9. The number of hydrogen-bond acceptors (Lipinski definition) is 1. The second kappa shape index (κ2) is 12.0. The van der Waals surface area contributed by atoms with Crippen molar-refractivity contribution in [3.8, 4) is 17.6 Å². The van der Waals surface area contributed by atoms with Crippen LogP contribution in [0.1, 0.15) is 93.7 Å². The first-order chi connectivity index (χ1) is 17.4. The molecule has 5 heteroatoms. The molecule has 2 aliphatic rings. The molecular weight excluding hydrogens is 464 g/mol. The third-order valence-electron chi connectivity index (χ3n) is 7.74. The zero-order valence-corrected chi connectivity index (χ0v) is 21.1. The Labute approximate surface area is 211 Å². The molecule has 0 saturated heterocycles. The summed E-state index contributed by atoms with van der Waals surface area (Å²) in [4.78, 5) is 0. The van der Waals surface area contributed by atoms with Gasteiger partial charge in [-0.25, -0.2) is 13.2 Å². The quantitative estimate of drug-likeness (QED) is 0.227. The lowest BCUT2D eigenvalue weighted by Crippen LogP contribution is -2.14. The molecule has 0 atom stereocenters. The minimum atomic E-state index is -0.942. The molecule has 0 aliphatic heterocycles. The van der Waals surface area contributed by atoms with Gasteiger partial charge in [-0.3, -0.25) is 0 Å². The molecule has 0 spiro atoms. The molecular formula is C31H34F4O. The average Bonchev–Trinajstić information content (AvgIpc) is 2.89. The first-order valence-corrected chi connectivity index (χ1v) is 13.2. The topological polar surface area (TPSA) is 9.23 Å². The largest absolute Gasteiger partial charge is 0.491 e. The second-order valence-corrected chi connectivity index (χ2v) is 10.00. The molecule has 2 fully saturated rings. The first kappa shape index (κ1) is 26.3. The second-order valence-electron chi connectivity index (χ2n) is 10.00. The van der Waals surface area contributed by atoms with Crippen LogP contribution in [0.4, 0.5) is 17.6 Å². The van der Waals surface area contributed by atoms with Crippen LogP contribution in [0.25, 0.3) is 0 Å². The Morgan fingerprint density at radius 1 is 0.778 bits per heavy atom. The smallest absolute Gasteiger partial charge is 0.200 e. The summed E-state index contributed by atoms with van der Waals surface area (Å²) < 4.78 is 63.7. The molecule has 0 heterocycles. The Kier molecular flexibility index (Phi) is 8.77. The number of allylic oxidation sites excluding steroid dienone is 2. The minimum absolute atomic E-state index is 0.0147. The van der Waals surface area contributed by atoms with E-state index in [1.807, 2.05) is 6.92 Å². The van der Waals surface area contributed by atoms with Crippen molar-refractivity contribution in [3.63, 3.8) is 0 Å². The van der Waals surface area contributed by atoms with Crippen molar-refractivity contribution in [1.82, 2.24) is 0 Å². The Morgan fingerprint density at radius 2 is 1.36 bits per heavy atom. The van der Waals surface area contributed by atoms with Crippen molar-refractivity contribution in [2.75, 3.05) is 6.61 Å². The van der Waals surface area contributed by atoms with Crippen molar-refractivity contribution >= 4 is 0 Å². The predicted molar refractivity (Wildman–Crippen MR) is 135 cm³/mol. The van der Waals surface area contributed by atoms with Gasteiger partial charge in [-0.05, 0) is 106 Å². The first-order valence-electron chi connectivity index (χ1n) is 13.2. The van der Waals surface area contributed by atoms with E-state index in [1.165, 1.54) is 6.07 Å². The van der Waals surface area contributed by atoms with Gasteiger partial charge in [0.2, 0.25) is 5.82 Å². The maximum Gasteiger partial charge on any atom is 0.200 e. The van der Waals surface area contributed by atoms with Crippen LogP contribution in [-0.4, -0.2) is 6.61 Å². The summed E-state index contributed by atoms with van der Waals surface area (Å²) in [7, 11) is 0. The van der Waals surface area contributed by atoms with Crippen molar-refractivity contribution < 1.29 is 22.3 Å². The number of ether oxygens (including phenoxy) is 1. The van der Waals surface area contributed by atoms with E-state index < -0.39 is 23.3 Å². The standard InChI is InChI=1S/C31H34F4O/c1-3-5-20-6-11-22(12-7-20)25-17-16-24(28(32)29(25)33)15-10-21-8-13-23(14-9-21)26-18-19-27(36-4-2)31(35)30(26)34/h3,5,16-23H,4,6-9,11-14H2,1-2H3. The summed E-state index contributed by atoms with van der Waals surface area (Å²) in [6.07, 6.45) is 10.7. The van der Waals surface area contributed by atoms with Crippen LogP contribution in [0.15, 0.2) is 36.4 Å². The van der Waals surface area contributed by atoms with Gasteiger partial charge in [-0.2, -0.15) is 4.39 Å². The molecule has 2 aliphatic carbocycles. The third-order valence-corrected chi connectivity index (χ3v) is 7.74. The third kappa shape index (κ3) is 5.80. The van der Waals surface area contributed by atoms with Gasteiger partial charge in [-0.15, -0.1) is 0 Å². The molecule has 0 unspecified atom stereocenters. The van der Waals surface area contributed by atoms with Crippen molar-refractivity contribution in [3.05, 3.63) is 76.4 Å². The van der Waals surface area contributed by atoms with Crippen molar-refractivity contribution in [2.24, 2.45) is 11.8 Å². The van der Waals surface area contributed by atoms with E-state index in [-0.39, 0.29) is 35.7 Å². The van der Waals surface area contributed by atoms with Gasteiger partial charge in [0.1, 0.15) is 0 Å². The highest BCUT2D eigenvalue weighted by molar-refractivity contribution is 5.40. The van der Waals surface area contributed by atoms with Crippen molar-refractivity contribution in [2.45, 2.75) is 77.0 Å². The highest BCUT2D eigenvalue weighted by Gasteiger charge is 2.27. The number of hydrogen-bond donors (Lipinski definition) is 0. The summed E-state index contributed by atoms with van der Waals surface area (Å²) >= 11 is 0. The lowest BCUT2D eigenvalue weighted by Gasteiger charge is -2.27. The van der Waals surface area contributed by atoms with E-state index in [0.717, 1.165) is 25.7 Å². The summed E-state index contributed by atoms with van der Waals surface area (Å²) in [5.74, 6) is 2.96. The van der Waals surface area contributed by atoms with Gasteiger partial charge in [0.05, 0.1) is 12.2 Å². The number of halogens is 4. The fourth-order valence-corrected chi connectivity index (χ4v) is 5.73. The molecule has 0 bridgehead atoms. The van der Waals surface area contributed by atoms with Gasteiger partial charge in [0.25, 0.3) is 0 Å². The number of rotatable bonds is 5. The summed E-state index contributed by atoms with van der Waals surface area (Å²) in [5, 5.41) is 0. The van der Waals surface area contributed by atoms with Gasteiger partial charge in [0, 0.05) is 5.92 Å². The van der Waals surface area contributed by atoms with Crippen LogP contribution in [0.3, 0.4) is 0 Å². The summed E-state index contributed by atoms with van der Waals surface area (Å²) in [6.45, 7) is 4.00. The zero-order valence-electron chi connectivity index (χ0n) is 21.1. The fraction of sp³-hybridized carbons (Fsp3) is 0.484. The maximum absolute atomic E-state index is 14.9. The van der Waals surface area contributed by atoms with E-state index in [4.69, 9.17) is 4.74 Å². The number of benzene rings is 2. The van der Waals surface area contributed by atoms with E-state index in [1.54, 1.807) is 25.1 Å². The van der Waals surface area contributed by atoms with Gasteiger partial charge in [-0.1, -0.05) is 36.1 Å². The van der Waals surface area contributed by atoms with Crippen LogP contribution in [0.2, 0.25) is 0 Å². The van der Waals surface area contributed by atoms with Crippen LogP contribution < -0.4 is 4.74 Å². The van der Waals surface area contributed by atoms with Gasteiger partial charge in [0.15, 0.2) is 23.2 Å². The lowest BCUT2D eigenvalue weighted by atomic mass is 9.78. The molecule has 0 amide bonds. The zero-order chi connectivity index (χ0) is 25.7. The highest BCUT2D eigenvalue weighted by Crippen LogP contribution is 2.40. The summed E-state index contributed by atoms with van der Waals surface area (Å²) in [5.41, 5.74) is 0.911. The molecule has 0 aromatic heterocycles. The SMILES string of the molecule is CC=CC1CCC(c2ccc(C#CC3CCC(c4ccc(OCC)c(F)c4F)CC3)c(F)c2F)CC1. The molecule has 2 aromatic carbocycles. The van der Waals surface area contributed by atoms with E-state index >= 15 is 0 Å². The molecule has 4 rings (SSSR count). The highest BCUT2D eigenvalue weighted by atomic mass is 19.2. The van der Waals surface area contributed by atoms with Gasteiger partial charge >= 0.3 is 0 Å². The lowest BCUT2D eigenvalue weighted by molar-refractivity contribution is 0.310. The predicted octanol–water partition coefficient (Wildman–Crippen LogP) is 8.82. The van der Waals surface area contributed by atoms with Crippen LogP contribution in [-0.2, 0) is 0 Å². The Balaban J connectivity index is 1.38. The Morgan fingerprint density at radius 3 is 1.97 bits per heavy atom. The fourth-order valence-electron chi connectivity index (χ4n) is 5.73. The minimum Gasteiger partial charge on any atom is -0.491 e. The van der Waals surface area contributed by atoms with Crippen LogP contribution in [0, 0.1) is 46.9 Å². The van der Waals surface area contributed by atoms with Crippen molar-refractivity contribution in [1.29, 1.82) is 0 Å². The van der Waals surface area contributed by atoms with Gasteiger partial charge < -0.3 is 4.74 Å². The Hall–Kier alpha value is -2.74. The van der Waals surface area contributed by atoms with E-state index in [9.17, 15) is 17.6 Å². The molecule has 0 N–H and O–H groups in total.